The second-order valence-corrected chi connectivity index (χ2v) is 8.44. The molecule has 3 N–H and O–H groups in total. The number of carbonyl (C=O) groups excluding carboxylic acids is 2. The number of nitrogens with one attached hydrogen (secondary N) is 1. The molecule has 0 spiro atoms. The molecule has 3 aromatic rings. The third-order valence-electron chi connectivity index (χ3n) is 4.52. The first-order valence-corrected chi connectivity index (χ1v) is 10.4. The minimum Gasteiger partial charge on any atom is -0.454 e. The van der Waals surface area contributed by atoms with Gasteiger partial charge in [0.15, 0.2) is 5.76 Å². The molecule has 0 bridgehead atoms. The van der Waals surface area contributed by atoms with Crippen LogP contribution in [-0.2, 0) is 13.0 Å². The number of thiophene rings is 1. The third-order valence-corrected chi connectivity index (χ3v) is 6.73. The topological polar surface area (TPSA) is 103 Å². The maximum absolute atomic E-state index is 12.6. The van der Waals surface area contributed by atoms with Gasteiger partial charge in [0.1, 0.15) is 10.8 Å². The summed E-state index contributed by atoms with van der Waals surface area (Å²) in [5.41, 5.74) is 8.62. The van der Waals surface area contributed by atoms with Crippen molar-refractivity contribution in [3.05, 3.63) is 55.5 Å². The van der Waals surface area contributed by atoms with Crippen LogP contribution in [0.25, 0.3) is 0 Å². The van der Waals surface area contributed by atoms with Crippen molar-refractivity contribution in [3.63, 3.8) is 0 Å². The Bertz CT molecular complexity index is 1060. The summed E-state index contributed by atoms with van der Waals surface area (Å²) >= 11 is 4.84. The van der Waals surface area contributed by atoms with E-state index in [4.69, 9.17) is 10.2 Å². The summed E-state index contributed by atoms with van der Waals surface area (Å²) in [7, 11) is 0. The number of aryl methyl sites for hydroxylation is 2. The molecule has 148 valence electrons. The third kappa shape index (κ3) is 3.77. The molecule has 0 saturated carbocycles. The van der Waals surface area contributed by atoms with Crippen molar-refractivity contribution in [2.75, 3.05) is 5.32 Å². The number of aromatic nitrogens is 2. The molecule has 0 atom stereocenters. The summed E-state index contributed by atoms with van der Waals surface area (Å²) in [4.78, 5) is 25.4. The molecule has 0 unspecified atom stereocenters. The van der Waals surface area contributed by atoms with Gasteiger partial charge in [-0.05, 0) is 60.8 Å². The molecule has 3 aromatic heterocycles. The summed E-state index contributed by atoms with van der Waals surface area (Å²) in [6.07, 6.45) is 0.666. The Balaban J connectivity index is 1.80. The summed E-state index contributed by atoms with van der Waals surface area (Å²) in [6, 6.07) is 3.35. The van der Waals surface area contributed by atoms with Gasteiger partial charge in [-0.2, -0.15) is 5.10 Å². The van der Waals surface area contributed by atoms with E-state index in [1.807, 2.05) is 27.7 Å². The van der Waals surface area contributed by atoms with Gasteiger partial charge in [0, 0.05) is 4.88 Å². The average Bonchev–Trinajstić information content (AvgIpc) is 3.29. The molecule has 0 aliphatic carbocycles. The highest BCUT2D eigenvalue weighted by molar-refractivity contribution is 9.10. The van der Waals surface area contributed by atoms with Crippen molar-refractivity contribution < 1.29 is 14.0 Å². The molecule has 7 nitrogen and oxygen atoms in total. The van der Waals surface area contributed by atoms with Gasteiger partial charge in [0.2, 0.25) is 0 Å². The highest BCUT2D eigenvalue weighted by Gasteiger charge is 2.22. The predicted octanol–water partition coefficient (Wildman–Crippen LogP) is 4.19. The SMILES string of the molecule is CCc1c(C)sc(NC(=O)c2ccc(Cn3nc(C)c(Br)c3C)o2)c1C(N)=O. The van der Waals surface area contributed by atoms with Gasteiger partial charge >= 0.3 is 0 Å². The molecule has 3 rings (SSSR count). The van der Waals surface area contributed by atoms with Crippen LogP contribution in [-0.4, -0.2) is 21.6 Å². The Hall–Kier alpha value is -2.39. The summed E-state index contributed by atoms with van der Waals surface area (Å²) in [6.45, 7) is 8.14. The van der Waals surface area contributed by atoms with E-state index in [9.17, 15) is 9.59 Å². The lowest BCUT2D eigenvalue weighted by Gasteiger charge is -2.04. The van der Waals surface area contributed by atoms with E-state index in [1.165, 1.54) is 11.3 Å². The zero-order valence-corrected chi connectivity index (χ0v) is 18.5. The highest BCUT2D eigenvalue weighted by atomic mass is 79.9. The zero-order chi connectivity index (χ0) is 20.6. The van der Waals surface area contributed by atoms with E-state index < -0.39 is 11.8 Å². The molecule has 0 radical (unpaired) electrons. The molecule has 0 aliphatic heterocycles. The molecule has 0 saturated heterocycles. The highest BCUT2D eigenvalue weighted by Crippen LogP contribution is 2.33. The van der Waals surface area contributed by atoms with E-state index >= 15 is 0 Å². The number of nitrogens with two attached hydrogens (primary N) is 1. The molecule has 2 amide bonds. The van der Waals surface area contributed by atoms with Crippen molar-refractivity contribution in [3.8, 4) is 0 Å². The lowest BCUT2D eigenvalue weighted by atomic mass is 10.1. The Kier molecular flexibility index (Phi) is 5.76. The van der Waals surface area contributed by atoms with Gasteiger partial charge in [-0.25, -0.2) is 0 Å². The van der Waals surface area contributed by atoms with Crippen LogP contribution >= 0.6 is 27.3 Å². The normalized spacial score (nSPS) is 11.0. The second-order valence-electron chi connectivity index (χ2n) is 6.42. The van der Waals surface area contributed by atoms with Crippen molar-refractivity contribution >= 4 is 44.1 Å². The first kappa shape index (κ1) is 20.3. The number of furan rings is 1. The summed E-state index contributed by atoms with van der Waals surface area (Å²) in [5, 5.41) is 7.65. The van der Waals surface area contributed by atoms with Gasteiger partial charge in [-0.3, -0.25) is 14.3 Å². The molecule has 0 aromatic carbocycles. The average molecular weight is 465 g/mol. The Morgan fingerprint density at radius 1 is 1.32 bits per heavy atom. The smallest absolute Gasteiger partial charge is 0.291 e. The lowest BCUT2D eigenvalue weighted by Crippen LogP contribution is -2.17. The largest absolute Gasteiger partial charge is 0.454 e. The van der Waals surface area contributed by atoms with Gasteiger partial charge in [-0.15, -0.1) is 11.3 Å². The van der Waals surface area contributed by atoms with Gasteiger partial charge < -0.3 is 15.5 Å². The minimum atomic E-state index is -0.549. The molecule has 0 fully saturated rings. The number of halogens is 1. The van der Waals surface area contributed by atoms with Crippen LogP contribution in [0.4, 0.5) is 5.00 Å². The molecule has 0 aliphatic rings. The Labute approximate surface area is 175 Å². The number of anilines is 1. The molecule has 28 heavy (non-hydrogen) atoms. The van der Waals surface area contributed by atoms with Gasteiger partial charge in [-0.1, -0.05) is 6.92 Å². The molecule has 3 heterocycles. The number of carbonyl (C=O) groups is 2. The molecular weight excluding hydrogens is 444 g/mol. The Morgan fingerprint density at radius 2 is 2.04 bits per heavy atom. The number of hydrogen-bond donors (Lipinski definition) is 2. The number of nitrogens with zero attached hydrogens (tertiary/aromatic N) is 2. The fourth-order valence-electron chi connectivity index (χ4n) is 3.08. The monoisotopic (exact) mass is 464 g/mol. The van der Waals surface area contributed by atoms with Crippen molar-refractivity contribution in [2.45, 2.75) is 40.7 Å². The van der Waals surface area contributed by atoms with Gasteiger partial charge in [0.25, 0.3) is 11.8 Å². The standard InChI is InChI=1S/C19H21BrN4O3S/c1-5-13-11(4)28-19(15(13)17(21)25)22-18(26)14-7-6-12(27-14)8-24-10(3)16(20)9(2)23-24/h6-7H,5,8H2,1-4H3,(H2,21,25)(H,22,26). The summed E-state index contributed by atoms with van der Waals surface area (Å²) in [5.74, 6) is -0.205. The fraction of sp³-hybridized carbons (Fsp3) is 0.316. The van der Waals surface area contributed by atoms with Crippen molar-refractivity contribution in [1.29, 1.82) is 0 Å². The minimum absolute atomic E-state index is 0.162. The first-order chi connectivity index (χ1) is 13.2. The van der Waals surface area contributed by atoms with E-state index in [0.29, 0.717) is 29.3 Å². The number of rotatable bonds is 6. The van der Waals surface area contributed by atoms with E-state index in [0.717, 1.165) is 26.3 Å². The summed E-state index contributed by atoms with van der Waals surface area (Å²) < 4.78 is 8.45. The van der Waals surface area contributed by atoms with Crippen LogP contribution in [0.1, 0.15) is 55.4 Å². The van der Waals surface area contributed by atoms with E-state index in [2.05, 4.69) is 26.3 Å². The van der Waals surface area contributed by atoms with Crippen LogP contribution in [0.2, 0.25) is 0 Å². The van der Waals surface area contributed by atoms with Crippen LogP contribution in [0, 0.1) is 20.8 Å². The number of amides is 2. The molecule has 9 heteroatoms. The number of hydrogen-bond acceptors (Lipinski definition) is 5. The number of primary amides is 1. The van der Waals surface area contributed by atoms with E-state index in [1.54, 1.807) is 16.8 Å². The van der Waals surface area contributed by atoms with Crippen LogP contribution in [0.5, 0.6) is 0 Å². The molecular formula is C19H21BrN4O3S. The van der Waals surface area contributed by atoms with Crippen LogP contribution in [0.3, 0.4) is 0 Å². The van der Waals surface area contributed by atoms with Crippen LogP contribution < -0.4 is 11.1 Å². The van der Waals surface area contributed by atoms with Crippen molar-refractivity contribution in [1.82, 2.24) is 9.78 Å². The maximum atomic E-state index is 12.6. The van der Waals surface area contributed by atoms with E-state index in [-0.39, 0.29) is 5.76 Å². The zero-order valence-electron chi connectivity index (χ0n) is 16.1. The maximum Gasteiger partial charge on any atom is 0.291 e. The predicted molar refractivity (Wildman–Crippen MR) is 112 cm³/mol. The first-order valence-electron chi connectivity index (χ1n) is 8.74. The quantitative estimate of drug-likeness (QED) is 0.570. The van der Waals surface area contributed by atoms with Gasteiger partial charge in [0.05, 0.1) is 28.0 Å². The fourth-order valence-corrected chi connectivity index (χ4v) is 4.51. The van der Waals surface area contributed by atoms with Crippen molar-refractivity contribution in [2.24, 2.45) is 5.73 Å². The second kappa shape index (κ2) is 7.92. The van der Waals surface area contributed by atoms with Crippen LogP contribution in [0.15, 0.2) is 21.0 Å². The lowest BCUT2D eigenvalue weighted by molar-refractivity contribution is 0.0995. The Morgan fingerprint density at radius 3 is 2.61 bits per heavy atom.